The highest BCUT2D eigenvalue weighted by Gasteiger charge is 2.29. The van der Waals surface area contributed by atoms with Crippen molar-refractivity contribution in [2.45, 2.75) is 26.0 Å². The maximum absolute atomic E-state index is 8.89. The number of hydrogen-bond acceptors (Lipinski definition) is 5. The van der Waals surface area contributed by atoms with Crippen LogP contribution in [-0.4, -0.2) is 31.7 Å². The lowest BCUT2D eigenvalue weighted by molar-refractivity contribution is -0.690. The molecule has 8 heteroatoms. The van der Waals surface area contributed by atoms with Crippen molar-refractivity contribution in [3.05, 3.63) is 87.5 Å². The Morgan fingerprint density at radius 2 is 1.78 bits per heavy atom. The summed E-state index contributed by atoms with van der Waals surface area (Å²) in [6.45, 7) is 2.46. The van der Waals surface area contributed by atoms with Crippen molar-refractivity contribution in [3.63, 3.8) is 0 Å². The van der Waals surface area contributed by atoms with Crippen molar-refractivity contribution in [2.75, 3.05) is 20.8 Å². The molecule has 0 fully saturated rings. The van der Waals surface area contributed by atoms with E-state index >= 15 is 0 Å². The largest absolute Gasteiger partial charge is 0.550 e. The van der Waals surface area contributed by atoms with Crippen molar-refractivity contribution in [2.24, 2.45) is 0 Å². The zero-order valence-electron chi connectivity index (χ0n) is 20.5. The van der Waals surface area contributed by atoms with Crippen LogP contribution in [0.3, 0.4) is 0 Å². The Kier molecular flexibility index (Phi) is 8.18. The first-order valence-electron chi connectivity index (χ1n) is 11.6. The maximum Gasteiger partial charge on any atom is 0.153 e. The standard InChI is InChI=1S/C26H25BrN2O3.C2H4O2/c1-30-20-8-9-23-22(14-20)21-11-12-28-25(26(21)29-23)16-3-10-24(31-2)17(13-16)15-32-19-6-4-18(27)5-7-19;1-2(3)4/h3-10,13-14,25,28-29H,11-12,15H2,1-2H3;1H3,(H,3,4). The van der Waals surface area contributed by atoms with E-state index in [0.717, 1.165) is 52.7 Å². The van der Waals surface area contributed by atoms with Gasteiger partial charge in [0.05, 0.1) is 26.5 Å². The van der Waals surface area contributed by atoms with Gasteiger partial charge in [0.15, 0.2) is 6.04 Å². The third kappa shape index (κ3) is 5.83. The topological polar surface area (TPSA) is 100 Å². The number of ether oxygens (including phenoxy) is 3. The van der Waals surface area contributed by atoms with Crippen molar-refractivity contribution < 1.29 is 29.4 Å². The van der Waals surface area contributed by atoms with E-state index in [1.54, 1.807) is 14.2 Å². The number of hydrogen-bond donors (Lipinski definition) is 2. The molecule has 5 rings (SSSR count). The van der Waals surface area contributed by atoms with Gasteiger partial charge in [0.25, 0.3) is 0 Å². The van der Waals surface area contributed by atoms with Crippen LogP contribution in [0.2, 0.25) is 0 Å². The molecular weight excluding hydrogens is 524 g/mol. The van der Waals surface area contributed by atoms with Crippen molar-refractivity contribution in [3.8, 4) is 17.2 Å². The molecule has 0 radical (unpaired) electrons. The van der Waals surface area contributed by atoms with Gasteiger partial charge in [-0.3, -0.25) is 0 Å². The molecule has 2 heterocycles. The molecule has 1 atom stereocenters. The fraction of sp³-hybridized carbons (Fsp3) is 0.250. The van der Waals surface area contributed by atoms with Gasteiger partial charge in [0, 0.05) is 38.9 Å². The number of benzene rings is 3. The number of methoxy groups -OCH3 is 2. The summed E-state index contributed by atoms with van der Waals surface area (Å²) in [5.41, 5.74) is 6.08. The van der Waals surface area contributed by atoms with E-state index in [0.29, 0.717) is 6.61 Å². The number of aromatic amines is 1. The van der Waals surface area contributed by atoms with Crippen LogP contribution in [-0.2, 0) is 17.8 Å². The number of fused-ring (bicyclic) bond motifs is 3. The third-order valence-corrected chi connectivity index (χ3v) is 6.65. The van der Waals surface area contributed by atoms with Gasteiger partial charge in [-0.05, 0) is 73.2 Å². The second-order valence-corrected chi connectivity index (χ2v) is 9.40. The predicted molar refractivity (Wildman–Crippen MR) is 139 cm³/mol. The Bertz CT molecular complexity index is 1350. The molecule has 1 aromatic heterocycles. The number of aliphatic carboxylic acids is 1. The Hall–Kier alpha value is -3.49. The average Bonchev–Trinajstić information content (AvgIpc) is 3.26. The summed E-state index contributed by atoms with van der Waals surface area (Å²) in [4.78, 5) is 12.6. The molecule has 7 nitrogen and oxygen atoms in total. The molecule has 3 N–H and O–H groups in total. The molecule has 3 aromatic carbocycles. The van der Waals surface area contributed by atoms with Gasteiger partial charge in [-0.15, -0.1) is 0 Å². The highest BCUT2D eigenvalue weighted by Crippen LogP contribution is 2.34. The molecule has 36 heavy (non-hydrogen) atoms. The van der Waals surface area contributed by atoms with Crippen LogP contribution in [0.1, 0.15) is 35.3 Å². The second-order valence-electron chi connectivity index (χ2n) is 8.49. The molecule has 0 saturated heterocycles. The quantitative estimate of drug-likeness (QED) is 0.381. The molecule has 0 bridgehead atoms. The number of carbonyl (C=O) groups excluding carboxylic acids is 1. The number of halogens is 1. The molecular formula is C28H29BrN2O5. The minimum Gasteiger partial charge on any atom is -0.550 e. The van der Waals surface area contributed by atoms with E-state index < -0.39 is 5.97 Å². The third-order valence-electron chi connectivity index (χ3n) is 6.13. The van der Waals surface area contributed by atoms with Gasteiger partial charge < -0.3 is 34.4 Å². The van der Waals surface area contributed by atoms with Crippen LogP contribution >= 0.6 is 15.9 Å². The Labute approximate surface area is 218 Å². The average molecular weight is 553 g/mol. The predicted octanol–water partition coefficient (Wildman–Crippen LogP) is 3.49. The fourth-order valence-electron chi connectivity index (χ4n) is 4.52. The summed E-state index contributed by atoms with van der Waals surface area (Å²) in [6.07, 6.45) is 1.04. The highest BCUT2D eigenvalue weighted by atomic mass is 79.9. The van der Waals surface area contributed by atoms with E-state index in [1.165, 1.54) is 22.2 Å². The molecule has 0 amide bonds. The highest BCUT2D eigenvalue weighted by molar-refractivity contribution is 9.10. The smallest absolute Gasteiger partial charge is 0.153 e. The Morgan fingerprint density at radius 1 is 1.06 bits per heavy atom. The second kappa shape index (κ2) is 11.5. The van der Waals surface area contributed by atoms with Crippen LogP contribution in [0.25, 0.3) is 10.9 Å². The molecule has 1 unspecified atom stereocenters. The van der Waals surface area contributed by atoms with Crippen molar-refractivity contribution in [1.82, 2.24) is 4.98 Å². The Morgan fingerprint density at radius 3 is 2.47 bits per heavy atom. The summed E-state index contributed by atoms with van der Waals surface area (Å²) in [5, 5.41) is 12.5. The van der Waals surface area contributed by atoms with Gasteiger partial charge in [0.2, 0.25) is 0 Å². The number of carboxylic acids is 1. The Balaban J connectivity index is 0.000000709. The first-order chi connectivity index (χ1) is 17.4. The van der Waals surface area contributed by atoms with Gasteiger partial charge in [0.1, 0.15) is 23.9 Å². The van der Waals surface area contributed by atoms with Crippen molar-refractivity contribution in [1.29, 1.82) is 0 Å². The first-order valence-corrected chi connectivity index (χ1v) is 12.4. The lowest BCUT2D eigenvalue weighted by Crippen LogP contribution is -2.87. The summed E-state index contributed by atoms with van der Waals surface area (Å²) in [6, 6.07) is 20.7. The van der Waals surface area contributed by atoms with Crippen LogP contribution < -0.4 is 24.6 Å². The van der Waals surface area contributed by atoms with E-state index in [2.05, 4.69) is 50.5 Å². The fourth-order valence-corrected chi connectivity index (χ4v) is 4.79. The monoisotopic (exact) mass is 552 g/mol. The molecule has 1 aliphatic rings. The van der Waals surface area contributed by atoms with Gasteiger partial charge in [-0.2, -0.15) is 0 Å². The SMILES string of the molecule is CC(=O)[O-].COc1ccc2[nH]c3c(c2c1)CC[NH2+]C3c1ccc(OC)c(COc2ccc(Br)cc2)c1. The van der Waals surface area contributed by atoms with E-state index in [-0.39, 0.29) is 6.04 Å². The normalized spacial score (nSPS) is 14.4. The van der Waals surface area contributed by atoms with Gasteiger partial charge in [-0.25, -0.2) is 0 Å². The van der Waals surface area contributed by atoms with Crippen LogP contribution in [0.4, 0.5) is 0 Å². The minimum atomic E-state index is -1.08. The lowest BCUT2D eigenvalue weighted by atomic mass is 9.93. The molecule has 1 aliphatic heterocycles. The molecule has 0 aliphatic carbocycles. The molecule has 4 aromatic rings. The zero-order chi connectivity index (χ0) is 25.7. The summed E-state index contributed by atoms with van der Waals surface area (Å²) >= 11 is 3.46. The number of carbonyl (C=O) groups is 1. The molecule has 0 spiro atoms. The number of rotatable bonds is 6. The van der Waals surface area contributed by atoms with Gasteiger partial charge >= 0.3 is 0 Å². The minimum absolute atomic E-state index is 0.203. The number of aromatic nitrogens is 1. The number of quaternary nitrogens is 1. The van der Waals surface area contributed by atoms with E-state index in [9.17, 15) is 0 Å². The van der Waals surface area contributed by atoms with E-state index in [1.807, 2.05) is 36.4 Å². The summed E-state index contributed by atoms with van der Waals surface area (Å²) in [5.74, 6) is 1.47. The maximum atomic E-state index is 8.89. The van der Waals surface area contributed by atoms with Crippen molar-refractivity contribution >= 4 is 32.8 Å². The molecule has 188 valence electrons. The number of nitrogens with one attached hydrogen (secondary N) is 1. The first kappa shape index (κ1) is 25.6. The summed E-state index contributed by atoms with van der Waals surface area (Å²) in [7, 11) is 3.42. The van der Waals surface area contributed by atoms with Crippen LogP contribution in [0.15, 0.2) is 65.1 Å². The molecule has 0 saturated carbocycles. The zero-order valence-corrected chi connectivity index (χ0v) is 22.1. The van der Waals surface area contributed by atoms with Crippen LogP contribution in [0.5, 0.6) is 17.2 Å². The van der Waals surface area contributed by atoms with Crippen LogP contribution in [0, 0.1) is 0 Å². The van der Waals surface area contributed by atoms with E-state index in [4.69, 9.17) is 24.1 Å². The number of nitrogens with two attached hydrogens (primary N) is 1. The lowest BCUT2D eigenvalue weighted by Gasteiger charge is -2.22. The van der Waals surface area contributed by atoms with Gasteiger partial charge in [-0.1, -0.05) is 15.9 Å². The number of H-pyrrole nitrogens is 1. The summed E-state index contributed by atoms with van der Waals surface area (Å²) < 4.78 is 18.1. The number of carboxylic acid groups (broad SMARTS) is 1.